The number of pyridine rings is 1. The third-order valence-electron chi connectivity index (χ3n) is 4.03. The Morgan fingerprint density at radius 3 is 2.71 bits per heavy atom. The fourth-order valence-electron chi connectivity index (χ4n) is 2.80. The van der Waals surface area contributed by atoms with E-state index >= 15 is 0 Å². The van der Waals surface area contributed by atoms with Crippen molar-refractivity contribution in [2.24, 2.45) is 16.8 Å². The van der Waals surface area contributed by atoms with E-state index in [-0.39, 0.29) is 30.6 Å². The summed E-state index contributed by atoms with van der Waals surface area (Å²) in [6, 6.07) is 3.85. The van der Waals surface area contributed by atoms with Crippen molar-refractivity contribution in [1.82, 2.24) is 15.6 Å². The molecule has 1 heterocycles. The summed E-state index contributed by atoms with van der Waals surface area (Å²) in [5, 5.41) is 16.0. The standard InChI is InChI=1S/C20H36N4O3.HI/c1-5-21-20(23-14-17(8-10-25)13-16(2)3)24-15-18-7-6-9-22-19(18)27-12-11-26-4;/h6-7,9,16-17,25H,5,8,10-15H2,1-4H3,(H2,21,23,24);1H. The molecular weight excluding hydrogens is 471 g/mol. The summed E-state index contributed by atoms with van der Waals surface area (Å²) in [5.74, 6) is 2.37. The first-order valence-corrected chi connectivity index (χ1v) is 9.79. The number of aromatic nitrogens is 1. The lowest BCUT2D eigenvalue weighted by Crippen LogP contribution is -2.40. The van der Waals surface area contributed by atoms with Crippen molar-refractivity contribution in [3.05, 3.63) is 23.9 Å². The SMILES string of the molecule is CCNC(=NCc1cccnc1OCCOC)NCC(CCO)CC(C)C.I. The number of aliphatic imine (C=N–C) groups is 1. The predicted octanol–water partition coefficient (Wildman–Crippen LogP) is 2.82. The highest BCUT2D eigenvalue weighted by Gasteiger charge is 2.12. The topological polar surface area (TPSA) is 88.0 Å². The first kappa shape index (κ1) is 26.9. The minimum absolute atomic E-state index is 0. The van der Waals surface area contributed by atoms with Crippen LogP contribution in [0, 0.1) is 11.8 Å². The summed E-state index contributed by atoms with van der Waals surface area (Å²) in [6.45, 7) is 9.69. The zero-order chi connectivity index (χ0) is 19.9. The largest absolute Gasteiger partial charge is 0.475 e. The Hall–Kier alpha value is -1.13. The molecule has 1 aromatic heterocycles. The second-order valence-electron chi connectivity index (χ2n) is 6.89. The van der Waals surface area contributed by atoms with Crippen LogP contribution in [-0.4, -0.2) is 56.1 Å². The molecule has 0 radical (unpaired) electrons. The number of ether oxygens (including phenoxy) is 2. The second-order valence-corrected chi connectivity index (χ2v) is 6.89. The molecule has 0 fully saturated rings. The van der Waals surface area contributed by atoms with E-state index in [2.05, 4.69) is 34.5 Å². The van der Waals surface area contributed by atoms with Gasteiger partial charge in [-0.1, -0.05) is 19.9 Å². The van der Waals surface area contributed by atoms with Crippen LogP contribution in [0.3, 0.4) is 0 Å². The zero-order valence-electron chi connectivity index (χ0n) is 17.6. The van der Waals surface area contributed by atoms with Crippen LogP contribution in [0.4, 0.5) is 0 Å². The molecule has 162 valence electrons. The molecule has 1 atom stereocenters. The van der Waals surface area contributed by atoms with Gasteiger partial charge in [-0.15, -0.1) is 24.0 Å². The van der Waals surface area contributed by atoms with Crippen LogP contribution in [0.5, 0.6) is 5.88 Å². The molecular formula is C20H37IN4O3. The normalized spacial score (nSPS) is 12.4. The van der Waals surface area contributed by atoms with Crippen LogP contribution < -0.4 is 15.4 Å². The first-order chi connectivity index (χ1) is 13.1. The summed E-state index contributed by atoms with van der Waals surface area (Å²) >= 11 is 0. The van der Waals surface area contributed by atoms with Gasteiger partial charge in [-0.25, -0.2) is 9.98 Å². The van der Waals surface area contributed by atoms with Crippen molar-refractivity contribution < 1.29 is 14.6 Å². The third kappa shape index (κ3) is 11.7. The fourth-order valence-corrected chi connectivity index (χ4v) is 2.80. The van der Waals surface area contributed by atoms with E-state index in [9.17, 15) is 5.11 Å². The molecule has 7 nitrogen and oxygen atoms in total. The van der Waals surface area contributed by atoms with Gasteiger partial charge in [0.05, 0.1) is 13.2 Å². The molecule has 1 unspecified atom stereocenters. The molecule has 1 rings (SSSR count). The summed E-state index contributed by atoms with van der Waals surface area (Å²) in [5.41, 5.74) is 0.930. The number of aliphatic hydroxyl groups excluding tert-OH is 1. The van der Waals surface area contributed by atoms with E-state index in [1.165, 1.54) is 0 Å². The molecule has 1 aromatic rings. The maximum atomic E-state index is 9.29. The molecule has 28 heavy (non-hydrogen) atoms. The lowest BCUT2D eigenvalue weighted by atomic mass is 9.94. The number of hydrogen-bond donors (Lipinski definition) is 3. The van der Waals surface area contributed by atoms with Gasteiger partial charge in [0.1, 0.15) is 6.61 Å². The van der Waals surface area contributed by atoms with Gasteiger partial charge >= 0.3 is 0 Å². The highest BCUT2D eigenvalue weighted by atomic mass is 127. The van der Waals surface area contributed by atoms with Crippen molar-refractivity contribution in [2.75, 3.05) is 40.0 Å². The van der Waals surface area contributed by atoms with Crippen LogP contribution in [0.25, 0.3) is 0 Å². The number of rotatable bonds is 13. The number of nitrogens with zero attached hydrogens (tertiary/aromatic N) is 2. The fraction of sp³-hybridized carbons (Fsp3) is 0.700. The molecule has 0 spiro atoms. The Bertz CT molecular complexity index is 544. The van der Waals surface area contributed by atoms with E-state index in [1.54, 1.807) is 13.3 Å². The van der Waals surface area contributed by atoms with E-state index in [4.69, 9.17) is 9.47 Å². The molecule has 8 heteroatoms. The third-order valence-corrected chi connectivity index (χ3v) is 4.03. The van der Waals surface area contributed by atoms with Crippen LogP contribution in [0.2, 0.25) is 0 Å². The highest BCUT2D eigenvalue weighted by Crippen LogP contribution is 2.16. The molecule has 3 N–H and O–H groups in total. The summed E-state index contributed by atoms with van der Waals surface area (Å²) in [6.07, 6.45) is 3.59. The lowest BCUT2D eigenvalue weighted by molar-refractivity contribution is 0.143. The average molecular weight is 508 g/mol. The number of methoxy groups -OCH3 is 1. The molecule has 0 aliphatic heterocycles. The maximum Gasteiger partial charge on any atom is 0.218 e. The number of aliphatic hydroxyl groups is 1. The smallest absolute Gasteiger partial charge is 0.218 e. The van der Waals surface area contributed by atoms with Gasteiger partial charge in [-0.05, 0) is 37.7 Å². The van der Waals surface area contributed by atoms with Gasteiger partial charge in [-0.2, -0.15) is 0 Å². The number of halogens is 1. The molecule has 0 aromatic carbocycles. The minimum Gasteiger partial charge on any atom is -0.475 e. The zero-order valence-corrected chi connectivity index (χ0v) is 19.9. The van der Waals surface area contributed by atoms with Crippen molar-refractivity contribution >= 4 is 29.9 Å². The summed E-state index contributed by atoms with van der Waals surface area (Å²) in [7, 11) is 1.64. The van der Waals surface area contributed by atoms with Crippen molar-refractivity contribution in [3.8, 4) is 5.88 Å². The average Bonchev–Trinajstić information content (AvgIpc) is 2.64. The van der Waals surface area contributed by atoms with E-state index in [0.717, 1.165) is 37.5 Å². The van der Waals surface area contributed by atoms with E-state index in [0.29, 0.717) is 37.5 Å². The highest BCUT2D eigenvalue weighted by molar-refractivity contribution is 14.0. The molecule has 0 aliphatic carbocycles. The van der Waals surface area contributed by atoms with Crippen molar-refractivity contribution in [1.29, 1.82) is 0 Å². The summed E-state index contributed by atoms with van der Waals surface area (Å²) in [4.78, 5) is 8.95. The predicted molar refractivity (Wildman–Crippen MR) is 124 cm³/mol. The number of hydrogen-bond acceptors (Lipinski definition) is 5. The van der Waals surface area contributed by atoms with Crippen LogP contribution in [0.1, 0.15) is 39.2 Å². The van der Waals surface area contributed by atoms with Crippen LogP contribution >= 0.6 is 24.0 Å². The number of guanidine groups is 1. The van der Waals surface area contributed by atoms with Gasteiger partial charge in [0.25, 0.3) is 0 Å². The monoisotopic (exact) mass is 508 g/mol. The van der Waals surface area contributed by atoms with Crippen LogP contribution in [-0.2, 0) is 11.3 Å². The van der Waals surface area contributed by atoms with Gasteiger partial charge in [0.15, 0.2) is 5.96 Å². The Morgan fingerprint density at radius 1 is 1.29 bits per heavy atom. The Morgan fingerprint density at radius 2 is 2.07 bits per heavy atom. The number of nitrogens with one attached hydrogen (secondary N) is 2. The second kappa shape index (κ2) is 16.8. The molecule has 0 bridgehead atoms. The first-order valence-electron chi connectivity index (χ1n) is 9.79. The van der Waals surface area contributed by atoms with Gasteiger partial charge in [-0.3, -0.25) is 0 Å². The minimum atomic E-state index is 0. The quantitative estimate of drug-likeness (QED) is 0.164. The van der Waals surface area contributed by atoms with E-state index < -0.39 is 0 Å². The van der Waals surface area contributed by atoms with Crippen LogP contribution in [0.15, 0.2) is 23.3 Å². The molecule has 0 saturated carbocycles. The van der Waals surface area contributed by atoms with Gasteiger partial charge in [0, 0.05) is 38.6 Å². The molecule has 0 aliphatic rings. The summed E-state index contributed by atoms with van der Waals surface area (Å²) < 4.78 is 10.7. The van der Waals surface area contributed by atoms with Gasteiger partial charge in [0.2, 0.25) is 5.88 Å². The molecule has 0 amide bonds. The van der Waals surface area contributed by atoms with Crippen molar-refractivity contribution in [2.45, 2.75) is 40.2 Å². The Kier molecular flexibility index (Phi) is 16.1. The molecule has 0 saturated heterocycles. The Balaban J connectivity index is 0.00000729. The van der Waals surface area contributed by atoms with Crippen molar-refractivity contribution in [3.63, 3.8) is 0 Å². The lowest BCUT2D eigenvalue weighted by Gasteiger charge is -2.20. The van der Waals surface area contributed by atoms with E-state index in [1.807, 2.05) is 19.1 Å². The maximum absolute atomic E-state index is 9.29. The van der Waals surface area contributed by atoms with Gasteiger partial charge < -0.3 is 25.2 Å². The Labute approximate surface area is 186 Å².